The maximum Gasteiger partial charge on any atom is 0.299 e. The third-order valence-electron chi connectivity index (χ3n) is 3.55. The molecule has 130 valence electrons. The highest BCUT2D eigenvalue weighted by Crippen LogP contribution is 2.32. The van der Waals surface area contributed by atoms with E-state index in [-0.39, 0.29) is 17.2 Å². The number of hydrogen-bond acceptors (Lipinski definition) is 7. The Kier molecular flexibility index (Phi) is 3.87. The van der Waals surface area contributed by atoms with Crippen LogP contribution in [0, 0.1) is 30.9 Å². The summed E-state index contributed by atoms with van der Waals surface area (Å²) in [6.45, 7) is 4.89. The fraction of sp³-hybridized carbons (Fsp3) is 0.214. The van der Waals surface area contributed by atoms with Crippen LogP contribution in [0.3, 0.4) is 0 Å². The molecule has 0 bridgehead atoms. The van der Waals surface area contributed by atoms with Crippen LogP contribution in [0.4, 0.5) is 11.4 Å². The Morgan fingerprint density at radius 3 is 2.56 bits per heavy atom. The van der Waals surface area contributed by atoms with Gasteiger partial charge in [-0.3, -0.25) is 14.8 Å². The van der Waals surface area contributed by atoms with Gasteiger partial charge in [-0.05, 0) is 31.9 Å². The van der Waals surface area contributed by atoms with E-state index in [1.165, 1.54) is 17.6 Å². The van der Waals surface area contributed by atoms with Crippen LogP contribution in [0.15, 0.2) is 29.7 Å². The number of rotatable bonds is 4. The van der Waals surface area contributed by atoms with Crippen molar-refractivity contribution in [1.82, 2.24) is 19.6 Å². The molecular formula is C14H14N6O4S. The molecule has 0 aliphatic rings. The van der Waals surface area contributed by atoms with Gasteiger partial charge in [0, 0.05) is 18.0 Å². The molecule has 0 fully saturated rings. The van der Waals surface area contributed by atoms with Crippen LogP contribution in [0.5, 0.6) is 0 Å². The number of fused-ring (bicyclic) bond motifs is 1. The van der Waals surface area contributed by atoms with E-state index in [0.29, 0.717) is 11.1 Å². The zero-order valence-electron chi connectivity index (χ0n) is 13.6. The lowest BCUT2D eigenvalue weighted by molar-refractivity contribution is -0.384. The Labute approximate surface area is 142 Å². The van der Waals surface area contributed by atoms with Gasteiger partial charge >= 0.3 is 0 Å². The van der Waals surface area contributed by atoms with Crippen LogP contribution in [-0.4, -0.2) is 32.9 Å². The van der Waals surface area contributed by atoms with Crippen molar-refractivity contribution in [2.45, 2.75) is 25.9 Å². The maximum absolute atomic E-state index is 12.6. The van der Waals surface area contributed by atoms with Crippen LogP contribution in [0.25, 0.3) is 5.78 Å². The first kappa shape index (κ1) is 16.8. The van der Waals surface area contributed by atoms with Crippen molar-refractivity contribution in [3.63, 3.8) is 0 Å². The van der Waals surface area contributed by atoms with Gasteiger partial charge in [-0.15, -0.1) is 5.10 Å². The Morgan fingerprint density at radius 1 is 1.20 bits per heavy atom. The average molecular weight is 362 g/mol. The highest BCUT2D eigenvalue weighted by molar-refractivity contribution is 7.92. The van der Waals surface area contributed by atoms with Gasteiger partial charge in [-0.2, -0.15) is 13.4 Å². The number of hydrogen-bond donors (Lipinski definition) is 1. The van der Waals surface area contributed by atoms with Crippen LogP contribution >= 0.6 is 0 Å². The normalized spacial score (nSPS) is 11.6. The highest BCUT2D eigenvalue weighted by Gasteiger charge is 2.27. The standard InChI is InChI=1S/C14H14N6O4S/c1-8-6-15-13-16-14(17-19(13)7-8)25(23,24)18-11-9(2)4-5-10(3)12(11)20(21)22/h4-7,18H,1-3H3. The molecule has 0 atom stereocenters. The molecule has 2 heterocycles. The van der Waals surface area contributed by atoms with Crippen LogP contribution in [-0.2, 0) is 10.0 Å². The molecule has 25 heavy (non-hydrogen) atoms. The Balaban J connectivity index is 2.10. The summed E-state index contributed by atoms with van der Waals surface area (Å²) in [6, 6.07) is 3.16. The van der Waals surface area contributed by atoms with E-state index in [1.54, 1.807) is 32.2 Å². The van der Waals surface area contributed by atoms with Gasteiger partial charge in [-0.25, -0.2) is 9.50 Å². The topological polar surface area (TPSA) is 132 Å². The predicted octanol–water partition coefficient (Wildman–Crippen LogP) is 1.76. The van der Waals surface area contributed by atoms with Gasteiger partial charge in [0.2, 0.25) is 0 Å². The second-order valence-electron chi connectivity index (χ2n) is 5.56. The molecule has 0 aliphatic carbocycles. The minimum absolute atomic E-state index is 0.104. The molecule has 0 spiro atoms. The Morgan fingerprint density at radius 2 is 1.88 bits per heavy atom. The maximum atomic E-state index is 12.6. The summed E-state index contributed by atoms with van der Waals surface area (Å²) in [7, 11) is -4.22. The molecule has 0 aliphatic heterocycles. The minimum Gasteiger partial charge on any atom is -0.270 e. The molecular weight excluding hydrogens is 348 g/mol. The molecule has 10 nitrogen and oxygen atoms in total. The average Bonchev–Trinajstić information content (AvgIpc) is 2.94. The summed E-state index contributed by atoms with van der Waals surface area (Å²) < 4.78 is 28.7. The van der Waals surface area contributed by atoms with Crippen molar-refractivity contribution < 1.29 is 13.3 Å². The van der Waals surface area contributed by atoms with E-state index in [9.17, 15) is 18.5 Å². The molecule has 1 aromatic carbocycles. The number of nitrogens with one attached hydrogen (secondary N) is 1. The fourth-order valence-electron chi connectivity index (χ4n) is 2.31. The van der Waals surface area contributed by atoms with E-state index in [1.807, 2.05) is 0 Å². The van der Waals surface area contributed by atoms with Gasteiger partial charge < -0.3 is 0 Å². The third-order valence-corrected chi connectivity index (χ3v) is 4.68. The second-order valence-corrected chi connectivity index (χ2v) is 7.13. The smallest absolute Gasteiger partial charge is 0.270 e. The number of aryl methyl sites for hydroxylation is 3. The summed E-state index contributed by atoms with van der Waals surface area (Å²) >= 11 is 0. The van der Waals surface area contributed by atoms with Gasteiger partial charge in [0.1, 0.15) is 5.69 Å². The minimum atomic E-state index is -4.22. The van der Waals surface area contributed by atoms with Gasteiger partial charge in [0.15, 0.2) is 0 Å². The van der Waals surface area contributed by atoms with Crippen LogP contribution in [0.2, 0.25) is 0 Å². The number of nitro groups is 1. The Bertz CT molecular complexity index is 1110. The lowest BCUT2D eigenvalue weighted by Crippen LogP contribution is -2.17. The van der Waals surface area contributed by atoms with Crippen molar-refractivity contribution in [2.75, 3.05) is 4.72 Å². The van der Waals surface area contributed by atoms with Crippen molar-refractivity contribution in [3.05, 3.63) is 51.3 Å². The molecule has 1 N–H and O–H groups in total. The molecule has 3 rings (SSSR count). The summed E-state index contributed by atoms with van der Waals surface area (Å²) in [4.78, 5) is 18.6. The van der Waals surface area contributed by atoms with Gasteiger partial charge in [0.05, 0.1) is 4.92 Å². The predicted molar refractivity (Wildman–Crippen MR) is 88.9 cm³/mol. The first-order valence-electron chi connectivity index (χ1n) is 7.15. The number of sulfonamides is 1. The quantitative estimate of drug-likeness (QED) is 0.552. The molecule has 0 amide bonds. The van der Waals surface area contributed by atoms with Gasteiger partial charge in [-0.1, -0.05) is 12.1 Å². The molecule has 2 aromatic heterocycles. The zero-order valence-corrected chi connectivity index (χ0v) is 14.4. The lowest BCUT2D eigenvalue weighted by atomic mass is 10.1. The number of nitrogens with zero attached hydrogens (tertiary/aromatic N) is 5. The number of benzene rings is 1. The van der Waals surface area contributed by atoms with Crippen molar-refractivity contribution in [2.24, 2.45) is 0 Å². The zero-order chi connectivity index (χ0) is 18.4. The first-order valence-corrected chi connectivity index (χ1v) is 8.64. The number of aromatic nitrogens is 4. The molecule has 11 heteroatoms. The monoisotopic (exact) mass is 362 g/mol. The summed E-state index contributed by atoms with van der Waals surface area (Å²) in [5.41, 5.74) is 1.13. The number of nitro benzene ring substituents is 1. The van der Waals surface area contributed by atoms with Crippen molar-refractivity contribution >= 4 is 27.2 Å². The summed E-state index contributed by atoms with van der Waals surface area (Å²) in [6.07, 6.45) is 3.11. The van der Waals surface area contributed by atoms with Crippen LogP contribution in [0.1, 0.15) is 16.7 Å². The van der Waals surface area contributed by atoms with Crippen molar-refractivity contribution in [3.8, 4) is 0 Å². The molecule has 0 radical (unpaired) electrons. The fourth-order valence-corrected chi connectivity index (χ4v) is 3.33. The van der Waals surface area contributed by atoms with E-state index in [2.05, 4.69) is 19.8 Å². The van der Waals surface area contributed by atoms with E-state index in [4.69, 9.17) is 0 Å². The summed E-state index contributed by atoms with van der Waals surface area (Å²) in [5.74, 6) is 0.112. The van der Waals surface area contributed by atoms with Crippen LogP contribution < -0.4 is 4.72 Å². The third kappa shape index (κ3) is 3.01. The van der Waals surface area contributed by atoms with Crippen molar-refractivity contribution in [1.29, 1.82) is 0 Å². The molecule has 3 aromatic rings. The SMILES string of the molecule is Cc1cnc2nc(S(=O)(=O)Nc3c(C)ccc(C)c3[N+](=O)[O-])nn2c1. The molecule has 0 unspecified atom stereocenters. The molecule has 0 saturated heterocycles. The second kappa shape index (κ2) is 5.77. The van der Waals surface area contributed by atoms with E-state index < -0.39 is 20.1 Å². The van der Waals surface area contributed by atoms with Gasteiger partial charge in [0.25, 0.3) is 26.6 Å². The molecule has 0 saturated carbocycles. The lowest BCUT2D eigenvalue weighted by Gasteiger charge is -2.10. The van der Waals surface area contributed by atoms with E-state index >= 15 is 0 Å². The highest BCUT2D eigenvalue weighted by atomic mass is 32.2. The first-order chi connectivity index (χ1) is 11.7. The largest absolute Gasteiger partial charge is 0.299 e. The summed E-state index contributed by atoms with van der Waals surface area (Å²) in [5, 5.41) is 14.7. The van der Waals surface area contributed by atoms with E-state index in [0.717, 1.165) is 5.56 Å². The Hall–Kier alpha value is -3.08. The number of anilines is 1.